The fraction of sp³-hybridized carbons (Fsp3) is 0.600. The van der Waals surface area contributed by atoms with Gasteiger partial charge >= 0.3 is 0 Å². The molecule has 0 aromatic heterocycles. The number of rotatable bonds is 1. The van der Waals surface area contributed by atoms with E-state index in [-0.39, 0.29) is 11.2 Å². The van der Waals surface area contributed by atoms with Crippen molar-refractivity contribution in [3.8, 4) is 0 Å². The fourth-order valence-corrected chi connectivity index (χ4v) is 2.47. The van der Waals surface area contributed by atoms with Gasteiger partial charge in [-0.1, -0.05) is 26.8 Å². The number of piperazine rings is 1. The highest BCUT2D eigenvalue weighted by molar-refractivity contribution is 5.54. The molecule has 2 rings (SSSR count). The first-order valence-electron chi connectivity index (χ1n) is 6.62. The van der Waals surface area contributed by atoms with Crippen molar-refractivity contribution < 1.29 is 4.39 Å². The van der Waals surface area contributed by atoms with Crippen molar-refractivity contribution in [1.29, 1.82) is 0 Å². The van der Waals surface area contributed by atoms with Crippen LogP contribution in [0.3, 0.4) is 0 Å². The zero-order chi connectivity index (χ0) is 13.3. The van der Waals surface area contributed by atoms with E-state index in [1.54, 1.807) is 6.07 Å². The first-order valence-corrected chi connectivity index (χ1v) is 6.62. The molecule has 1 unspecified atom stereocenters. The van der Waals surface area contributed by atoms with Crippen LogP contribution in [0.1, 0.15) is 26.3 Å². The third-order valence-corrected chi connectivity index (χ3v) is 3.73. The predicted molar refractivity (Wildman–Crippen MR) is 74.6 cm³/mol. The Morgan fingerprint density at radius 3 is 2.72 bits per heavy atom. The summed E-state index contributed by atoms with van der Waals surface area (Å²) in [5, 5.41) is 3.56. The van der Waals surface area contributed by atoms with Gasteiger partial charge in [-0.2, -0.15) is 0 Å². The Morgan fingerprint density at radius 2 is 2.06 bits per heavy atom. The lowest BCUT2D eigenvalue weighted by Crippen LogP contribution is -2.56. The Kier molecular flexibility index (Phi) is 3.62. The van der Waals surface area contributed by atoms with Gasteiger partial charge in [0.25, 0.3) is 0 Å². The molecule has 1 aliphatic rings. The number of hydrogen-bond donors (Lipinski definition) is 1. The van der Waals surface area contributed by atoms with E-state index >= 15 is 0 Å². The van der Waals surface area contributed by atoms with E-state index in [9.17, 15) is 4.39 Å². The standard InChI is InChI=1S/C15H23FN2/c1-11-5-6-12(16)9-13(11)18-8-7-17-14(10-18)15(2,3)4/h5-6,9,14,17H,7-8,10H2,1-4H3. The molecule has 1 aliphatic heterocycles. The van der Waals surface area contributed by atoms with E-state index in [4.69, 9.17) is 0 Å². The van der Waals surface area contributed by atoms with Gasteiger partial charge in [0.05, 0.1) is 0 Å². The van der Waals surface area contributed by atoms with E-state index in [1.165, 1.54) is 6.07 Å². The second-order valence-corrected chi connectivity index (χ2v) is 6.25. The lowest BCUT2D eigenvalue weighted by Gasteiger charge is -2.42. The normalized spacial score (nSPS) is 21.2. The van der Waals surface area contributed by atoms with Crippen molar-refractivity contribution in [1.82, 2.24) is 5.32 Å². The van der Waals surface area contributed by atoms with Gasteiger partial charge in [0.1, 0.15) is 5.82 Å². The Labute approximate surface area is 109 Å². The average Bonchev–Trinajstić information content (AvgIpc) is 2.31. The monoisotopic (exact) mass is 250 g/mol. The highest BCUT2D eigenvalue weighted by Crippen LogP contribution is 2.27. The molecule has 18 heavy (non-hydrogen) atoms. The molecule has 1 N–H and O–H groups in total. The average molecular weight is 250 g/mol. The van der Waals surface area contributed by atoms with Crippen LogP contribution < -0.4 is 10.2 Å². The molecule has 0 radical (unpaired) electrons. The summed E-state index contributed by atoms with van der Waals surface area (Å²) in [6.45, 7) is 11.6. The number of hydrogen-bond acceptors (Lipinski definition) is 2. The zero-order valence-electron chi connectivity index (χ0n) is 11.8. The zero-order valence-corrected chi connectivity index (χ0v) is 11.8. The number of benzene rings is 1. The van der Waals surface area contributed by atoms with Crippen molar-refractivity contribution >= 4 is 5.69 Å². The molecule has 0 bridgehead atoms. The third-order valence-electron chi connectivity index (χ3n) is 3.73. The maximum atomic E-state index is 13.4. The molecular formula is C15H23FN2. The van der Waals surface area contributed by atoms with Gasteiger partial charge in [0.15, 0.2) is 0 Å². The van der Waals surface area contributed by atoms with Crippen molar-refractivity contribution in [2.45, 2.75) is 33.7 Å². The summed E-state index contributed by atoms with van der Waals surface area (Å²) in [5.74, 6) is -0.151. The minimum Gasteiger partial charge on any atom is -0.368 e. The number of nitrogens with zero attached hydrogens (tertiary/aromatic N) is 1. The van der Waals surface area contributed by atoms with Crippen LogP contribution in [-0.4, -0.2) is 25.7 Å². The summed E-state index contributed by atoms with van der Waals surface area (Å²) in [4.78, 5) is 2.30. The van der Waals surface area contributed by atoms with Gasteiger partial charge in [-0.05, 0) is 30.0 Å². The number of anilines is 1. The molecule has 1 atom stereocenters. The second kappa shape index (κ2) is 4.88. The van der Waals surface area contributed by atoms with E-state index in [0.717, 1.165) is 30.9 Å². The first-order chi connectivity index (χ1) is 8.38. The summed E-state index contributed by atoms with van der Waals surface area (Å²) in [5.41, 5.74) is 2.40. The second-order valence-electron chi connectivity index (χ2n) is 6.25. The van der Waals surface area contributed by atoms with Crippen molar-refractivity contribution in [2.24, 2.45) is 5.41 Å². The van der Waals surface area contributed by atoms with E-state index in [0.29, 0.717) is 6.04 Å². The Balaban J connectivity index is 2.21. The van der Waals surface area contributed by atoms with E-state index < -0.39 is 0 Å². The molecular weight excluding hydrogens is 227 g/mol. The third kappa shape index (κ3) is 2.83. The molecule has 100 valence electrons. The topological polar surface area (TPSA) is 15.3 Å². The van der Waals surface area contributed by atoms with Crippen LogP contribution in [0.5, 0.6) is 0 Å². The fourth-order valence-electron chi connectivity index (χ4n) is 2.47. The number of halogens is 1. The van der Waals surface area contributed by atoms with Gasteiger partial charge in [-0.3, -0.25) is 0 Å². The summed E-state index contributed by atoms with van der Waals surface area (Å²) >= 11 is 0. The largest absolute Gasteiger partial charge is 0.368 e. The molecule has 1 aromatic rings. The first kappa shape index (κ1) is 13.3. The molecule has 0 amide bonds. The molecule has 1 fully saturated rings. The Morgan fingerprint density at radius 1 is 1.33 bits per heavy atom. The minimum absolute atomic E-state index is 0.151. The molecule has 0 saturated carbocycles. The van der Waals surface area contributed by atoms with Crippen LogP contribution in [-0.2, 0) is 0 Å². The molecule has 1 saturated heterocycles. The van der Waals surface area contributed by atoms with Crippen LogP contribution >= 0.6 is 0 Å². The molecule has 0 spiro atoms. The van der Waals surface area contributed by atoms with Gasteiger partial charge in [-0.15, -0.1) is 0 Å². The summed E-state index contributed by atoms with van der Waals surface area (Å²) in [6, 6.07) is 5.48. The van der Waals surface area contributed by atoms with Gasteiger partial charge in [0, 0.05) is 31.4 Å². The summed E-state index contributed by atoms with van der Waals surface area (Å²) in [7, 11) is 0. The maximum Gasteiger partial charge on any atom is 0.125 e. The minimum atomic E-state index is -0.151. The van der Waals surface area contributed by atoms with Gasteiger partial charge in [-0.25, -0.2) is 4.39 Å². The van der Waals surface area contributed by atoms with Crippen molar-refractivity contribution in [2.75, 3.05) is 24.5 Å². The molecule has 2 nitrogen and oxygen atoms in total. The lowest BCUT2D eigenvalue weighted by molar-refractivity contribution is 0.254. The highest BCUT2D eigenvalue weighted by Gasteiger charge is 2.29. The Bertz CT molecular complexity index is 423. The van der Waals surface area contributed by atoms with Crippen molar-refractivity contribution in [3.63, 3.8) is 0 Å². The van der Waals surface area contributed by atoms with E-state index in [1.807, 2.05) is 13.0 Å². The van der Waals surface area contributed by atoms with Gasteiger partial charge < -0.3 is 10.2 Å². The number of nitrogens with one attached hydrogen (secondary N) is 1. The maximum absolute atomic E-state index is 13.4. The van der Waals surface area contributed by atoms with E-state index in [2.05, 4.69) is 31.0 Å². The SMILES string of the molecule is Cc1ccc(F)cc1N1CCNC(C(C)(C)C)C1. The highest BCUT2D eigenvalue weighted by atomic mass is 19.1. The van der Waals surface area contributed by atoms with Crippen LogP contribution in [0.25, 0.3) is 0 Å². The lowest BCUT2D eigenvalue weighted by atomic mass is 9.85. The molecule has 1 aromatic carbocycles. The van der Waals surface area contributed by atoms with Crippen LogP contribution in [0.4, 0.5) is 10.1 Å². The summed E-state index contributed by atoms with van der Waals surface area (Å²) < 4.78 is 13.4. The summed E-state index contributed by atoms with van der Waals surface area (Å²) in [6.07, 6.45) is 0. The quantitative estimate of drug-likeness (QED) is 0.824. The molecule has 3 heteroatoms. The molecule has 0 aliphatic carbocycles. The van der Waals surface area contributed by atoms with Crippen molar-refractivity contribution in [3.05, 3.63) is 29.6 Å². The smallest absolute Gasteiger partial charge is 0.125 e. The van der Waals surface area contributed by atoms with Crippen LogP contribution in [0, 0.1) is 18.2 Å². The van der Waals surface area contributed by atoms with Crippen LogP contribution in [0.15, 0.2) is 18.2 Å². The Hall–Kier alpha value is -1.09. The predicted octanol–water partition coefficient (Wildman–Crippen LogP) is 2.96. The van der Waals surface area contributed by atoms with Crippen LogP contribution in [0.2, 0.25) is 0 Å². The van der Waals surface area contributed by atoms with Gasteiger partial charge in [0.2, 0.25) is 0 Å². The molecule has 1 heterocycles. The number of aryl methyl sites for hydroxylation is 1.